The summed E-state index contributed by atoms with van der Waals surface area (Å²) in [6, 6.07) is 3.51. The molecule has 0 aromatic carbocycles. The molecule has 5 nitrogen and oxygen atoms in total. The molecule has 0 spiro atoms. The van der Waals surface area contributed by atoms with Gasteiger partial charge in [0.25, 0.3) is 0 Å². The van der Waals surface area contributed by atoms with E-state index in [-0.39, 0.29) is 5.92 Å². The van der Waals surface area contributed by atoms with E-state index >= 15 is 0 Å². The molecule has 0 bridgehead atoms. The van der Waals surface area contributed by atoms with Gasteiger partial charge in [0.05, 0.1) is 10.9 Å². The lowest BCUT2D eigenvalue weighted by molar-refractivity contribution is 0.334. The van der Waals surface area contributed by atoms with E-state index in [0.29, 0.717) is 34.9 Å². The Morgan fingerprint density at radius 3 is 2.74 bits per heavy atom. The zero-order valence-electron chi connectivity index (χ0n) is 11.0. The van der Waals surface area contributed by atoms with Crippen molar-refractivity contribution in [2.75, 3.05) is 6.54 Å². The lowest BCUT2D eigenvalue weighted by atomic mass is 9.97. The van der Waals surface area contributed by atoms with Crippen LogP contribution in [-0.4, -0.2) is 21.7 Å². The first-order chi connectivity index (χ1) is 9.10. The Labute approximate surface area is 117 Å². The van der Waals surface area contributed by atoms with Crippen molar-refractivity contribution in [2.24, 2.45) is 11.7 Å². The fourth-order valence-corrected chi connectivity index (χ4v) is 1.99. The van der Waals surface area contributed by atoms with Gasteiger partial charge in [-0.2, -0.15) is 4.98 Å². The highest BCUT2D eigenvalue weighted by Crippen LogP contribution is 2.23. The zero-order chi connectivity index (χ0) is 13.8. The van der Waals surface area contributed by atoms with E-state index in [1.54, 1.807) is 18.3 Å². The highest BCUT2D eigenvalue weighted by atomic mass is 35.5. The largest absolute Gasteiger partial charge is 0.339 e. The Kier molecular flexibility index (Phi) is 4.50. The summed E-state index contributed by atoms with van der Waals surface area (Å²) in [5.74, 6) is 1.66. The van der Waals surface area contributed by atoms with Crippen molar-refractivity contribution in [3.8, 4) is 11.5 Å². The summed E-state index contributed by atoms with van der Waals surface area (Å²) < 4.78 is 5.29. The van der Waals surface area contributed by atoms with Crippen molar-refractivity contribution < 1.29 is 4.52 Å². The van der Waals surface area contributed by atoms with Gasteiger partial charge in [-0.3, -0.25) is 4.98 Å². The molecule has 0 fully saturated rings. The van der Waals surface area contributed by atoms with Crippen molar-refractivity contribution >= 4 is 11.6 Å². The van der Waals surface area contributed by atoms with Gasteiger partial charge in [-0.05, 0) is 24.5 Å². The lowest BCUT2D eigenvalue weighted by Gasteiger charge is -2.11. The Morgan fingerprint density at radius 2 is 2.16 bits per heavy atom. The first kappa shape index (κ1) is 14.0. The maximum atomic E-state index is 5.79. The zero-order valence-corrected chi connectivity index (χ0v) is 11.8. The van der Waals surface area contributed by atoms with Crippen molar-refractivity contribution in [1.29, 1.82) is 0 Å². The van der Waals surface area contributed by atoms with Gasteiger partial charge in [0.2, 0.25) is 11.7 Å². The van der Waals surface area contributed by atoms with E-state index in [4.69, 9.17) is 21.9 Å². The number of rotatable bonds is 5. The standard InChI is InChI=1S/C13H17ClN4O/c1-8(2)5-9(6-15)13-17-12(18-19-13)11-4-3-10(14)7-16-11/h3-4,7-9H,5-6,15H2,1-2H3. The molecule has 2 N–H and O–H groups in total. The van der Waals surface area contributed by atoms with E-state index < -0.39 is 0 Å². The monoisotopic (exact) mass is 280 g/mol. The van der Waals surface area contributed by atoms with Gasteiger partial charge in [-0.25, -0.2) is 0 Å². The van der Waals surface area contributed by atoms with Crippen molar-refractivity contribution in [3.05, 3.63) is 29.2 Å². The van der Waals surface area contributed by atoms with E-state index in [1.807, 2.05) is 0 Å². The average molecular weight is 281 g/mol. The number of aromatic nitrogens is 3. The van der Waals surface area contributed by atoms with Gasteiger partial charge in [-0.15, -0.1) is 0 Å². The molecule has 2 aromatic rings. The molecule has 0 aliphatic carbocycles. The summed E-state index contributed by atoms with van der Waals surface area (Å²) in [6.45, 7) is 4.77. The molecule has 0 amide bonds. The van der Waals surface area contributed by atoms with E-state index in [0.717, 1.165) is 6.42 Å². The lowest BCUT2D eigenvalue weighted by Crippen LogP contribution is -2.15. The summed E-state index contributed by atoms with van der Waals surface area (Å²) in [5, 5.41) is 4.52. The molecule has 2 aromatic heterocycles. The Bertz CT molecular complexity index is 524. The number of hydrogen-bond acceptors (Lipinski definition) is 5. The Hall–Kier alpha value is -1.46. The third-order valence-corrected chi connectivity index (χ3v) is 3.01. The quantitative estimate of drug-likeness (QED) is 0.911. The predicted molar refractivity (Wildman–Crippen MR) is 73.8 cm³/mol. The molecule has 19 heavy (non-hydrogen) atoms. The average Bonchev–Trinajstić information content (AvgIpc) is 2.86. The molecule has 1 atom stereocenters. The van der Waals surface area contributed by atoms with Crippen LogP contribution in [0.15, 0.2) is 22.9 Å². The van der Waals surface area contributed by atoms with Crippen molar-refractivity contribution in [1.82, 2.24) is 15.1 Å². The van der Waals surface area contributed by atoms with Crippen LogP contribution >= 0.6 is 11.6 Å². The predicted octanol–water partition coefficient (Wildman–Crippen LogP) is 2.87. The first-order valence-electron chi connectivity index (χ1n) is 6.25. The SMILES string of the molecule is CC(C)CC(CN)c1nc(-c2ccc(Cl)cn2)no1. The van der Waals surface area contributed by atoms with Crippen LogP contribution < -0.4 is 5.73 Å². The molecule has 0 saturated carbocycles. The van der Waals surface area contributed by atoms with E-state index in [9.17, 15) is 0 Å². The molecule has 6 heteroatoms. The summed E-state index contributed by atoms with van der Waals surface area (Å²) in [5.41, 5.74) is 6.40. The molecule has 0 saturated heterocycles. The molecule has 0 aliphatic heterocycles. The topological polar surface area (TPSA) is 77.8 Å². The van der Waals surface area contributed by atoms with Crippen LogP contribution in [0.2, 0.25) is 5.02 Å². The van der Waals surface area contributed by atoms with Gasteiger partial charge in [0.15, 0.2) is 0 Å². The van der Waals surface area contributed by atoms with Gasteiger partial charge in [0, 0.05) is 12.7 Å². The minimum Gasteiger partial charge on any atom is -0.339 e. The van der Waals surface area contributed by atoms with Gasteiger partial charge >= 0.3 is 0 Å². The molecule has 1 unspecified atom stereocenters. The van der Waals surface area contributed by atoms with Gasteiger partial charge in [0.1, 0.15) is 5.69 Å². The highest BCUT2D eigenvalue weighted by molar-refractivity contribution is 6.30. The van der Waals surface area contributed by atoms with Crippen LogP contribution in [0.5, 0.6) is 0 Å². The third kappa shape index (κ3) is 3.52. The van der Waals surface area contributed by atoms with E-state index in [1.165, 1.54) is 0 Å². The second kappa shape index (κ2) is 6.12. The maximum Gasteiger partial charge on any atom is 0.231 e. The van der Waals surface area contributed by atoms with Gasteiger partial charge < -0.3 is 10.3 Å². The number of nitrogens with two attached hydrogens (primary N) is 1. The molecular weight excluding hydrogens is 264 g/mol. The second-order valence-electron chi connectivity index (χ2n) is 4.88. The normalized spacial score (nSPS) is 12.9. The third-order valence-electron chi connectivity index (χ3n) is 2.79. The minimum atomic E-state index is 0.0913. The number of halogens is 1. The Morgan fingerprint density at radius 1 is 1.37 bits per heavy atom. The summed E-state index contributed by atoms with van der Waals surface area (Å²) >= 11 is 5.79. The Balaban J connectivity index is 2.20. The highest BCUT2D eigenvalue weighted by Gasteiger charge is 2.19. The molecule has 2 heterocycles. The molecule has 2 rings (SSSR count). The summed E-state index contributed by atoms with van der Waals surface area (Å²) in [4.78, 5) is 8.53. The van der Waals surface area contributed by atoms with Crippen LogP contribution in [0.1, 0.15) is 32.1 Å². The van der Waals surface area contributed by atoms with Crippen LogP contribution in [0, 0.1) is 5.92 Å². The summed E-state index contributed by atoms with van der Waals surface area (Å²) in [7, 11) is 0. The van der Waals surface area contributed by atoms with E-state index in [2.05, 4.69) is 29.0 Å². The smallest absolute Gasteiger partial charge is 0.231 e. The minimum absolute atomic E-state index is 0.0913. The summed E-state index contributed by atoms with van der Waals surface area (Å²) in [6.07, 6.45) is 2.48. The molecular formula is C13H17ClN4O. The second-order valence-corrected chi connectivity index (χ2v) is 5.32. The fraction of sp³-hybridized carbons (Fsp3) is 0.462. The van der Waals surface area contributed by atoms with Crippen LogP contribution in [0.4, 0.5) is 0 Å². The first-order valence-corrected chi connectivity index (χ1v) is 6.63. The van der Waals surface area contributed by atoms with Crippen LogP contribution in [-0.2, 0) is 0 Å². The molecule has 102 valence electrons. The van der Waals surface area contributed by atoms with Gasteiger partial charge in [-0.1, -0.05) is 30.6 Å². The molecule has 0 aliphatic rings. The van der Waals surface area contributed by atoms with Crippen molar-refractivity contribution in [3.63, 3.8) is 0 Å². The fourth-order valence-electron chi connectivity index (χ4n) is 1.88. The van der Waals surface area contributed by atoms with Crippen LogP contribution in [0.3, 0.4) is 0 Å². The van der Waals surface area contributed by atoms with Crippen LogP contribution in [0.25, 0.3) is 11.5 Å². The number of nitrogens with zero attached hydrogens (tertiary/aromatic N) is 3. The van der Waals surface area contributed by atoms with Crippen molar-refractivity contribution in [2.45, 2.75) is 26.2 Å². The number of hydrogen-bond donors (Lipinski definition) is 1. The number of pyridine rings is 1. The molecule has 0 radical (unpaired) electrons. The maximum absolute atomic E-state index is 5.79.